The first-order valence-electron chi connectivity index (χ1n) is 5.24. The highest BCUT2D eigenvalue weighted by molar-refractivity contribution is 6.06. The van der Waals surface area contributed by atoms with Crippen LogP contribution in [0.25, 0.3) is 21.8 Å². The summed E-state index contributed by atoms with van der Waals surface area (Å²) in [7, 11) is 0. The second-order valence-electron chi connectivity index (χ2n) is 3.06. The third kappa shape index (κ3) is 0.872. The fourth-order valence-corrected chi connectivity index (χ4v) is 1.67. The highest BCUT2D eigenvalue weighted by Gasteiger charge is 2.00. The van der Waals surface area contributed by atoms with E-state index in [4.69, 9.17) is 2.74 Å². The van der Waals surface area contributed by atoms with Crippen molar-refractivity contribution in [3.63, 3.8) is 0 Å². The molecular weight excluding hydrogens is 158 g/mol. The zero-order chi connectivity index (χ0) is 10.4. The Morgan fingerprint density at radius 1 is 0.923 bits per heavy atom. The predicted octanol–water partition coefficient (Wildman–Crippen LogP) is 3.32. The van der Waals surface area contributed by atoms with Crippen LogP contribution >= 0.6 is 0 Å². The van der Waals surface area contributed by atoms with Gasteiger partial charge in [0, 0.05) is 21.8 Å². The topological polar surface area (TPSA) is 15.8 Å². The van der Waals surface area contributed by atoms with E-state index in [2.05, 4.69) is 4.98 Å². The van der Waals surface area contributed by atoms with Gasteiger partial charge in [-0.2, -0.15) is 0 Å². The van der Waals surface area contributed by atoms with Gasteiger partial charge in [-0.25, -0.2) is 0 Å². The lowest BCUT2D eigenvalue weighted by atomic mass is 10.2. The van der Waals surface area contributed by atoms with Crippen molar-refractivity contribution in [2.45, 2.75) is 0 Å². The molecule has 1 heterocycles. The molecule has 1 aromatic heterocycles. The molecule has 0 saturated carbocycles. The molecule has 0 fully saturated rings. The molecule has 0 unspecified atom stereocenters. The van der Waals surface area contributed by atoms with Gasteiger partial charge in [-0.15, -0.1) is 0 Å². The molecule has 0 aliphatic carbocycles. The van der Waals surface area contributed by atoms with E-state index >= 15 is 0 Å². The van der Waals surface area contributed by atoms with Crippen LogP contribution in [0.2, 0.25) is 0 Å². The van der Waals surface area contributed by atoms with Gasteiger partial charge in [0.15, 0.2) is 0 Å². The van der Waals surface area contributed by atoms with Crippen LogP contribution in [0, 0.1) is 0 Å². The van der Waals surface area contributed by atoms with Crippen LogP contribution in [0.1, 0.15) is 2.74 Å². The summed E-state index contributed by atoms with van der Waals surface area (Å²) in [6, 6.07) is 12.0. The van der Waals surface area contributed by atoms with Gasteiger partial charge in [0.05, 0.1) is 2.74 Å². The Bertz CT molecular complexity index is 655. The maximum Gasteiger partial charge on any atom is 0.0645 e. The average Bonchev–Trinajstić information content (AvgIpc) is 2.63. The van der Waals surface area contributed by atoms with Crippen LogP contribution in [0.15, 0.2) is 48.5 Å². The molecule has 13 heavy (non-hydrogen) atoms. The SMILES string of the molecule is [2H]c1ccc2c([nH]c3ccccc32)c1[2H]. The van der Waals surface area contributed by atoms with Gasteiger partial charge < -0.3 is 4.98 Å². The Kier molecular flexibility index (Phi) is 0.922. The normalized spacial score (nSPS) is 13.2. The van der Waals surface area contributed by atoms with E-state index in [0.717, 1.165) is 21.8 Å². The fraction of sp³-hybridized carbons (Fsp3) is 0. The monoisotopic (exact) mass is 169 g/mol. The highest BCUT2D eigenvalue weighted by atomic mass is 14.7. The van der Waals surface area contributed by atoms with Crippen molar-refractivity contribution in [2.75, 3.05) is 0 Å². The second-order valence-corrected chi connectivity index (χ2v) is 3.06. The van der Waals surface area contributed by atoms with Crippen molar-refractivity contribution in [2.24, 2.45) is 0 Å². The van der Waals surface area contributed by atoms with Crippen molar-refractivity contribution in [1.29, 1.82) is 0 Å². The second kappa shape index (κ2) is 2.36. The maximum atomic E-state index is 7.80. The molecule has 0 radical (unpaired) electrons. The third-order valence-corrected chi connectivity index (χ3v) is 2.28. The molecule has 0 amide bonds. The van der Waals surface area contributed by atoms with Crippen molar-refractivity contribution in [3.05, 3.63) is 48.5 Å². The first kappa shape index (κ1) is 5.07. The largest absolute Gasteiger partial charge is 0.355 e. The van der Waals surface area contributed by atoms with Crippen LogP contribution in [-0.2, 0) is 0 Å². The van der Waals surface area contributed by atoms with Gasteiger partial charge in [0.1, 0.15) is 0 Å². The van der Waals surface area contributed by atoms with Crippen molar-refractivity contribution in [1.82, 2.24) is 4.98 Å². The van der Waals surface area contributed by atoms with Gasteiger partial charge in [0.2, 0.25) is 0 Å². The molecule has 0 aliphatic heterocycles. The fourth-order valence-electron chi connectivity index (χ4n) is 1.67. The minimum absolute atomic E-state index is 0.258. The number of hydrogen-bond acceptors (Lipinski definition) is 0. The van der Waals surface area contributed by atoms with Crippen LogP contribution < -0.4 is 0 Å². The number of fused-ring (bicyclic) bond motifs is 3. The summed E-state index contributed by atoms with van der Waals surface area (Å²) in [5.41, 5.74) is 1.77. The molecular formula is C12H9N. The molecule has 1 nitrogen and oxygen atoms in total. The van der Waals surface area contributed by atoms with Crippen molar-refractivity contribution < 1.29 is 2.74 Å². The van der Waals surface area contributed by atoms with Gasteiger partial charge >= 0.3 is 0 Å². The van der Waals surface area contributed by atoms with Crippen molar-refractivity contribution >= 4 is 21.8 Å². The maximum absolute atomic E-state index is 7.80. The summed E-state index contributed by atoms with van der Waals surface area (Å²) in [6.45, 7) is 0. The zero-order valence-corrected chi connectivity index (χ0v) is 6.96. The zero-order valence-electron chi connectivity index (χ0n) is 8.96. The van der Waals surface area contributed by atoms with E-state index < -0.39 is 0 Å². The van der Waals surface area contributed by atoms with Crippen LogP contribution in [0.5, 0.6) is 0 Å². The molecule has 0 spiro atoms. The summed E-state index contributed by atoms with van der Waals surface area (Å²) in [5, 5.41) is 2.13. The molecule has 1 N–H and O–H groups in total. The molecule has 3 aromatic rings. The molecule has 0 atom stereocenters. The number of hydrogen-bond donors (Lipinski definition) is 1. The van der Waals surface area contributed by atoms with E-state index in [-0.39, 0.29) is 12.1 Å². The van der Waals surface area contributed by atoms with E-state index in [1.54, 1.807) is 6.07 Å². The third-order valence-electron chi connectivity index (χ3n) is 2.28. The van der Waals surface area contributed by atoms with Gasteiger partial charge in [0.25, 0.3) is 0 Å². The Morgan fingerprint density at radius 2 is 1.69 bits per heavy atom. The Labute approximate surface area is 78.8 Å². The number of para-hydroxylation sites is 2. The van der Waals surface area contributed by atoms with Crippen LogP contribution in [-0.4, -0.2) is 4.98 Å². The molecule has 1 heteroatoms. The van der Waals surface area contributed by atoms with E-state index in [1.165, 1.54) is 0 Å². The first-order valence-corrected chi connectivity index (χ1v) is 4.24. The summed E-state index contributed by atoms with van der Waals surface area (Å²) in [6.07, 6.45) is 0. The van der Waals surface area contributed by atoms with Gasteiger partial charge in [-0.3, -0.25) is 0 Å². The van der Waals surface area contributed by atoms with Crippen molar-refractivity contribution in [3.8, 4) is 0 Å². The average molecular weight is 169 g/mol. The van der Waals surface area contributed by atoms with Crippen LogP contribution in [0.4, 0.5) is 0 Å². The molecule has 62 valence electrons. The smallest absolute Gasteiger partial charge is 0.0645 e. The van der Waals surface area contributed by atoms with E-state index in [1.807, 2.05) is 30.3 Å². The van der Waals surface area contributed by atoms with Gasteiger partial charge in [-0.05, 0) is 12.1 Å². The number of rotatable bonds is 0. The number of aromatic amines is 1. The number of aromatic nitrogens is 1. The minimum atomic E-state index is 0.258. The standard InChI is InChI=1S/C12H9N/c1-3-7-11-9(5-1)10-6-2-4-8-12(10)13-11/h1-8,13H/i3D,7D. The van der Waals surface area contributed by atoms with E-state index in [9.17, 15) is 0 Å². The summed E-state index contributed by atoms with van der Waals surface area (Å²) in [4.78, 5) is 3.18. The summed E-state index contributed by atoms with van der Waals surface area (Å²) >= 11 is 0. The molecule has 0 saturated heterocycles. The Hall–Kier alpha value is -1.76. The molecule has 0 aliphatic rings. The predicted molar refractivity (Wildman–Crippen MR) is 55.8 cm³/mol. The first-order chi connectivity index (χ1) is 7.27. The lowest BCUT2D eigenvalue weighted by molar-refractivity contribution is 1.55. The number of nitrogens with one attached hydrogen (secondary N) is 1. The van der Waals surface area contributed by atoms with E-state index in [0.29, 0.717) is 0 Å². The Balaban J connectivity index is 2.60. The molecule has 0 bridgehead atoms. The molecule has 3 rings (SSSR count). The summed E-state index contributed by atoms with van der Waals surface area (Å²) in [5.74, 6) is 0. The Morgan fingerprint density at radius 3 is 2.69 bits per heavy atom. The lowest BCUT2D eigenvalue weighted by Gasteiger charge is -1.87. The summed E-state index contributed by atoms with van der Waals surface area (Å²) < 4.78 is 15.4. The van der Waals surface area contributed by atoms with Gasteiger partial charge in [-0.1, -0.05) is 36.4 Å². The quantitative estimate of drug-likeness (QED) is 0.531. The molecule has 2 aromatic carbocycles. The number of benzene rings is 2. The van der Waals surface area contributed by atoms with Crippen LogP contribution in [0.3, 0.4) is 0 Å². The highest BCUT2D eigenvalue weighted by Crippen LogP contribution is 2.24. The lowest BCUT2D eigenvalue weighted by Crippen LogP contribution is -1.62. The minimum Gasteiger partial charge on any atom is -0.355 e. The number of H-pyrrole nitrogens is 1.